The van der Waals surface area contributed by atoms with Crippen molar-refractivity contribution in [2.24, 2.45) is 5.73 Å². The van der Waals surface area contributed by atoms with Crippen molar-refractivity contribution in [2.45, 2.75) is 6.92 Å². The maximum atomic E-state index is 11.0. The lowest BCUT2D eigenvalue weighted by molar-refractivity contribution is -0.385. The SMILES string of the molecule is Cc1cccc(C(=N)N)c1Oc1ccccc1[N+](=O)[O-]. The van der Waals surface area contributed by atoms with Crippen LogP contribution in [-0.4, -0.2) is 10.8 Å². The molecule has 0 aromatic heterocycles. The minimum Gasteiger partial charge on any atom is -0.449 e. The molecule has 0 unspecified atom stereocenters. The third-order valence-corrected chi connectivity index (χ3v) is 2.78. The van der Waals surface area contributed by atoms with Crippen molar-refractivity contribution in [3.05, 3.63) is 63.7 Å². The molecule has 0 aliphatic heterocycles. The summed E-state index contributed by atoms with van der Waals surface area (Å²) in [5, 5.41) is 18.5. The topological polar surface area (TPSA) is 102 Å². The molecule has 0 atom stereocenters. The minimum absolute atomic E-state index is 0.120. The van der Waals surface area contributed by atoms with Crippen molar-refractivity contribution in [3.8, 4) is 11.5 Å². The Bertz CT molecular complexity index is 683. The molecular weight excluding hydrogens is 258 g/mol. The highest BCUT2D eigenvalue weighted by Gasteiger charge is 2.17. The molecule has 2 aromatic rings. The first-order chi connectivity index (χ1) is 9.50. The van der Waals surface area contributed by atoms with Gasteiger partial charge in [-0.15, -0.1) is 0 Å². The lowest BCUT2D eigenvalue weighted by atomic mass is 10.1. The Morgan fingerprint density at radius 1 is 1.25 bits per heavy atom. The standard InChI is InChI=1S/C14H13N3O3/c1-9-5-4-6-10(14(15)16)13(9)20-12-8-3-2-7-11(12)17(18)19/h2-8H,1H3,(H3,15,16). The van der Waals surface area contributed by atoms with Crippen LogP contribution in [0.3, 0.4) is 0 Å². The number of nitrogen functional groups attached to an aromatic ring is 1. The van der Waals surface area contributed by atoms with Gasteiger partial charge in [-0.3, -0.25) is 15.5 Å². The van der Waals surface area contributed by atoms with E-state index in [4.69, 9.17) is 15.9 Å². The maximum Gasteiger partial charge on any atom is 0.311 e. The van der Waals surface area contributed by atoms with Crippen LogP contribution in [-0.2, 0) is 0 Å². The second kappa shape index (κ2) is 5.40. The van der Waals surface area contributed by atoms with Crippen LogP contribution >= 0.6 is 0 Å². The van der Waals surface area contributed by atoms with Crippen LogP contribution in [0, 0.1) is 22.4 Å². The van der Waals surface area contributed by atoms with Crippen LogP contribution in [0.1, 0.15) is 11.1 Å². The highest BCUT2D eigenvalue weighted by Crippen LogP contribution is 2.34. The van der Waals surface area contributed by atoms with E-state index >= 15 is 0 Å². The van der Waals surface area contributed by atoms with Gasteiger partial charge in [-0.05, 0) is 24.6 Å². The second-order valence-electron chi connectivity index (χ2n) is 4.19. The molecule has 2 aromatic carbocycles. The van der Waals surface area contributed by atoms with Crippen molar-refractivity contribution in [1.82, 2.24) is 0 Å². The normalized spacial score (nSPS) is 10.1. The summed E-state index contributed by atoms with van der Waals surface area (Å²) in [5.41, 5.74) is 6.52. The van der Waals surface area contributed by atoms with Crippen LogP contribution < -0.4 is 10.5 Å². The summed E-state index contributed by atoms with van der Waals surface area (Å²) < 4.78 is 5.63. The number of nitrogens with one attached hydrogen (secondary N) is 1. The van der Waals surface area contributed by atoms with E-state index in [2.05, 4.69) is 0 Å². The minimum atomic E-state index is -0.513. The van der Waals surface area contributed by atoms with Gasteiger partial charge in [0.25, 0.3) is 0 Å². The van der Waals surface area contributed by atoms with E-state index in [0.29, 0.717) is 11.3 Å². The number of ether oxygens (including phenoxy) is 1. The maximum absolute atomic E-state index is 11.0. The molecule has 6 nitrogen and oxygen atoms in total. The van der Waals surface area contributed by atoms with Gasteiger partial charge in [-0.25, -0.2) is 0 Å². The van der Waals surface area contributed by atoms with Crippen molar-refractivity contribution in [2.75, 3.05) is 0 Å². The number of nitrogens with two attached hydrogens (primary N) is 1. The predicted molar refractivity (Wildman–Crippen MR) is 75.4 cm³/mol. The molecule has 0 amide bonds. The summed E-state index contributed by atoms with van der Waals surface area (Å²) in [6, 6.07) is 11.3. The first-order valence-electron chi connectivity index (χ1n) is 5.86. The molecule has 102 valence electrons. The number of aryl methyl sites for hydroxylation is 1. The lowest BCUT2D eigenvalue weighted by Crippen LogP contribution is -2.13. The third-order valence-electron chi connectivity index (χ3n) is 2.78. The number of nitrogens with zero attached hydrogens (tertiary/aromatic N) is 1. The highest BCUT2D eigenvalue weighted by atomic mass is 16.6. The first kappa shape index (κ1) is 13.5. The number of nitro groups is 1. The molecule has 20 heavy (non-hydrogen) atoms. The number of rotatable bonds is 4. The smallest absolute Gasteiger partial charge is 0.311 e. The van der Waals surface area contributed by atoms with Gasteiger partial charge in [-0.1, -0.05) is 24.3 Å². The van der Waals surface area contributed by atoms with E-state index in [1.165, 1.54) is 12.1 Å². The van der Waals surface area contributed by atoms with Gasteiger partial charge in [0.2, 0.25) is 5.75 Å². The quantitative estimate of drug-likeness (QED) is 0.386. The Kier molecular flexibility index (Phi) is 3.65. The number of amidine groups is 1. The van der Waals surface area contributed by atoms with E-state index in [9.17, 15) is 10.1 Å². The molecule has 0 radical (unpaired) electrons. The van der Waals surface area contributed by atoms with Crippen molar-refractivity contribution < 1.29 is 9.66 Å². The van der Waals surface area contributed by atoms with Gasteiger partial charge in [0, 0.05) is 6.07 Å². The summed E-state index contributed by atoms with van der Waals surface area (Å²) in [6.07, 6.45) is 0. The Morgan fingerprint density at radius 3 is 2.60 bits per heavy atom. The zero-order chi connectivity index (χ0) is 14.7. The zero-order valence-corrected chi connectivity index (χ0v) is 10.8. The fraction of sp³-hybridized carbons (Fsp3) is 0.0714. The second-order valence-corrected chi connectivity index (χ2v) is 4.19. The molecule has 3 N–H and O–H groups in total. The molecule has 0 spiro atoms. The fourth-order valence-corrected chi connectivity index (χ4v) is 1.80. The Balaban J connectivity index is 2.51. The molecule has 0 fully saturated rings. The van der Waals surface area contributed by atoms with E-state index in [-0.39, 0.29) is 17.3 Å². The van der Waals surface area contributed by atoms with E-state index in [1.54, 1.807) is 37.3 Å². The van der Waals surface area contributed by atoms with Gasteiger partial charge in [-0.2, -0.15) is 0 Å². The van der Waals surface area contributed by atoms with Gasteiger partial charge < -0.3 is 10.5 Å². The van der Waals surface area contributed by atoms with E-state index in [0.717, 1.165) is 5.56 Å². The molecule has 0 heterocycles. The number of hydrogen-bond donors (Lipinski definition) is 2. The van der Waals surface area contributed by atoms with Gasteiger partial charge >= 0.3 is 5.69 Å². The van der Waals surface area contributed by atoms with Gasteiger partial charge in [0.1, 0.15) is 11.6 Å². The molecule has 2 rings (SSSR count). The number of nitro benzene ring substituents is 1. The van der Waals surface area contributed by atoms with Crippen LogP contribution in [0.2, 0.25) is 0 Å². The van der Waals surface area contributed by atoms with Crippen molar-refractivity contribution >= 4 is 11.5 Å². The molecule has 0 saturated heterocycles. The number of benzene rings is 2. The molecule has 0 aliphatic carbocycles. The van der Waals surface area contributed by atoms with Crippen LogP contribution in [0.5, 0.6) is 11.5 Å². The lowest BCUT2D eigenvalue weighted by Gasteiger charge is -2.12. The average molecular weight is 271 g/mol. The van der Waals surface area contributed by atoms with Crippen molar-refractivity contribution in [3.63, 3.8) is 0 Å². The average Bonchev–Trinajstić information content (AvgIpc) is 2.41. The Morgan fingerprint density at radius 2 is 1.95 bits per heavy atom. The number of para-hydroxylation sites is 3. The van der Waals surface area contributed by atoms with Crippen LogP contribution in [0.25, 0.3) is 0 Å². The van der Waals surface area contributed by atoms with Crippen molar-refractivity contribution in [1.29, 1.82) is 5.41 Å². The molecule has 6 heteroatoms. The van der Waals surface area contributed by atoms with Crippen LogP contribution in [0.15, 0.2) is 42.5 Å². The summed E-state index contributed by atoms with van der Waals surface area (Å²) in [7, 11) is 0. The monoisotopic (exact) mass is 271 g/mol. The molecule has 0 aliphatic rings. The molecule has 0 bridgehead atoms. The molecule has 0 saturated carbocycles. The first-order valence-corrected chi connectivity index (χ1v) is 5.86. The summed E-state index contributed by atoms with van der Waals surface area (Å²) in [5.74, 6) is 0.325. The largest absolute Gasteiger partial charge is 0.449 e. The highest BCUT2D eigenvalue weighted by molar-refractivity contribution is 5.98. The van der Waals surface area contributed by atoms with Crippen LogP contribution in [0.4, 0.5) is 5.69 Å². The Labute approximate surface area is 115 Å². The third kappa shape index (κ3) is 2.59. The Hall–Kier alpha value is -2.89. The molecular formula is C14H13N3O3. The summed E-state index contributed by atoms with van der Waals surface area (Å²) in [6.45, 7) is 1.79. The van der Waals surface area contributed by atoms with E-state index < -0.39 is 4.92 Å². The number of hydrogen-bond acceptors (Lipinski definition) is 4. The van der Waals surface area contributed by atoms with E-state index in [1.807, 2.05) is 0 Å². The van der Waals surface area contributed by atoms with Gasteiger partial charge in [0.05, 0.1) is 10.5 Å². The summed E-state index contributed by atoms with van der Waals surface area (Å²) >= 11 is 0. The van der Waals surface area contributed by atoms with Gasteiger partial charge in [0.15, 0.2) is 0 Å². The fourth-order valence-electron chi connectivity index (χ4n) is 1.80. The predicted octanol–water partition coefficient (Wildman–Crippen LogP) is 2.98. The summed E-state index contributed by atoms with van der Waals surface area (Å²) in [4.78, 5) is 10.5. The zero-order valence-electron chi connectivity index (χ0n) is 10.8.